The van der Waals surface area contributed by atoms with Gasteiger partial charge in [-0.05, 0) is 30.2 Å². The first kappa shape index (κ1) is 11.4. The fourth-order valence-corrected chi connectivity index (χ4v) is 1.60. The third kappa shape index (κ3) is 1.90. The third-order valence-electron chi connectivity index (χ3n) is 2.47. The molecular formula is C10H13ClFNO. The summed E-state index contributed by atoms with van der Waals surface area (Å²) < 4.78 is 18.2. The zero-order valence-corrected chi connectivity index (χ0v) is 8.68. The smallest absolute Gasteiger partial charge is 0.123 e. The van der Waals surface area contributed by atoms with Crippen molar-refractivity contribution < 1.29 is 9.13 Å². The van der Waals surface area contributed by atoms with Gasteiger partial charge in [0.2, 0.25) is 0 Å². The largest absolute Gasteiger partial charge is 0.372 e. The second-order valence-corrected chi connectivity index (χ2v) is 3.39. The average molecular weight is 218 g/mol. The summed E-state index contributed by atoms with van der Waals surface area (Å²) in [6.07, 6.45) is 0.0120. The first-order chi connectivity index (χ1) is 6.18. The normalized spacial score (nSPS) is 25.1. The zero-order valence-electron chi connectivity index (χ0n) is 7.87. The monoisotopic (exact) mass is 217 g/mol. The molecule has 2 atom stereocenters. The Morgan fingerprint density at radius 1 is 1.50 bits per heavy atom. The highest BCUT2D eigenvalue weighted by Gasteiger charge is 2.23. The zero-order chi connectivity index (χ0) is 9.42. The molecule has 0 radical (unpaired) electrons. The summed E-state index contributed by atoms with van der Waals surface area (Å²) in [6, 6.07) is 4.54. The van der Waals surface area contributed by atoms with Gasteiger partial charge in [-0.3, -0.25) is 0 Å². The van der Waals surface area contributed by atoms with Gasteiger partial charge in [0.15, 0.2) is 0 Å². The van der Waals surface area contributed by atoms with E-state index in [4.69, 9.17) is 10.5 Å². The van der Waals surface area contributed by atoms with Gasteiger partial charge in [0.25, 0.3) is 0 Å². The van der Waals surface area contributed by atoms with Gasteiger partial charge in [-0.1, -0.05) is 6.07 Å². The predicted octanol–water partition coefficient (Wildman–Crippen LogP) is 2.17. The van der Waals surface area contributed by atoms with E-state index >= 15 is 0 Å². The fraction of sp³-hybridized carbons (Fsp3) is 0.400. The number of nitrogens with two attached hydrogens (primary N) is 1. The van der Waals surface area contributed by atoms with Crippen LogP contribution < -0.4 is 5.73 Å². The highest BCUT2D eigenvalue weighted by atomic mass is 35.5. The minimum atomic E-state index is -0.232. The topological polar surface area (TPSA) is 35.2 Å². The van der Waals surface area contributed by atoms with Crippen LogP contribution in [0.5, 0.6) is 0 Å². The molecule has 1 aliphatic rings. The van der Waals surface area contributed by atoms with Crippen LogP contribution >= 0.6 is 12.4 Å². The highest BCUT2D eigenvalue weighted by molar-refractivity contribution is 5.85. The molecule has 0 fully saturated rings. The number of benzene rings is 1. The minimum absolute atomic E-state index is 0. The van der Waals surface area contributed by atoms with E-state index in [0.717, 1.165) is 11.1 Å². The van der Waals surface area contributed by atoms with Gasteiger partial charge in [0, 0.05) is 0 Å². The molecule has 2 N–H and O–H groups in total. The Balaban J connectivity index is 0.000000980. The van der Waals surface area contributed by atoms with Gasteiger partial charge >= 0.3 is 0 Å². The lowest BCUT2D eigenvalue weighted by Gasteiger charge is -2.28. The number of hydrogen-bond donors (Lipinski definition) is 1. The number of hydrogen-bond acceptors (Lipinski definition) is 2. The molecule has 1 heterocycles. The quantitative estimate of drug-likeness (QED) is 0.723. The van der Waals surface area contributed by atoms with E-state index in [2.05, 4.69) is 0 Å². The Morgan fingerprint density at radius 3 is 2.93 bits per heavy atom. The van der Waals surface area contributed by atoms with Crippen LogP contribution in [-0.4, -0.2) is 6.10 Å². The molecule has 0 aliphatic carbocycles. The van der Waals surface area contributed by atoms with Crippen LogP contribution in [0.3, 0.4) is 0 Å². The lowest BCUT2D eigenvalue weighted by molar-refractivity contribution is 0.0212. The molecule has 0 saturated carbocycles. The molecule has 0 amide bonds. The Hall–Kier alpha value is -0.640. The number of fused-ring (bicyclic) bond motifs is 1. The third-order valence-corrected chi connectivity index (χ3v) is 2.47. The van der Waals surface area contributed by atoms with Crippen molar-refractivity contribution in [1.29, 1.82) is 0 Å². The second-order valence-electron chi connectivity index (χ2n) is 3.39. The molecule has 0 aromatic heterocycles. The molecule has 0 unspecified atom stereocenters. The fourth-order valence-electron chi connectivity index (χ4n) is 1.60. The van der Waals surface area contributed by atoms with Gasteiger partial charge in [0.05, 0.1) is 18.8 Å². The van der Waals surface area contributed by atoms with Gasteiger partial charge in [-0.2, -0.15) is 0 Å². The summed E-state index contributed by atoms with van der Waals surface area (Å²) in [5.74, 6) is -0.232. The van der Waals surface area contributed by atoms with E-state index in [9.17, 15) is 4.39 Å². The summed E-state index contributed by atoms with van der Waals surface area (Å²) in [5, 5.41) is 0. The number of rotatable bonds is 0. The van der Waals surface area contributed by atoms with Crippen molar-refractivity contribution in [3.05, 3.63) is 35.1 Å². The molecule has 0 bridgehead atoms. The lowest BCUT2D eigenvalue weighted by Crippen LogP contribution is -2.31. The summed E-state index contributed by atoms with van der Waals surface area (Å²) >= 11 is 0. The minimum Gasteiger partial charge on any atom is -0.372 e. The van der Waals surface area contributed by atoms with E-state index in [1.807, 2.05) is 6.92 Å². The lowest BCUT2D eigenvalue weighted by atomic mass is 9.95. The van der Waals surface area contributed by atoms with E-state index in [1.54, 1.807) is 6.07 Å². The molecule has 14 heavy (non-hydrogen) atoms. The predicted molar refractivity (Wildman–Crippen MR) is 54.8 cm³/mol. The molecule has 2 rings (SSSR count). The van der Waals surface area contributed by atoms with E-state index in [0.29, 0.717) is 6.61 Å². The maximum Gasteiger partial charge on any atom is 0.123 e. The highest BCUT2D eigenvalue weighted by Crippen LogP contribution is 2.27. The molecule has 1 aliphatic heterocycles. The van der Waals surface area contributed by atoms with Crippen LogP contribution in [0.4, 0.5) is 4.39 Å². The number of halogens is 2. The van der Waals surface area contributed by atoms with Crippen LogP contribution in [0.15, 0.2) is 18.2 Å². The Morgan fingerprint density at radius 2 is 2.21 bits per heavy atom. The average Bonchev–Trinajstić information content (AvgIpc) is 2.12. The van der Waals surface area contributed by atoms with E-state index in [-0.39, 0.29) is 30.4 Å². The molecule has 1 aromatic carbocycles. The molecule has 1 aromatic rings. The van der Waals surface area contributed by atoms with Crippen molar-refractivity contribution in [2.24, 2.45) is 5.73 Å². The van der Waals surface area contributed by atoms with Crippen molar-refractivity contribution in [2.75, 3.05) is 0 Å². The maximum absolute atomic E-state index is 12.8. The van der Waals surface area contributed by atoms with Crippen LogP contribution in [0, 0.1) is 5.82 Å². The van der Waals surface area contributed by atoms with Crippen LogP contribution in [0.2, 0.25) is 0 Å². The molecule has 2 nitrogen and oxygen atoms in total. The summed E-state index contributed by atoms with van der Waals surface area (Å²) in [6.45, 7) is 2.39. The molecule has 0 saturated heterocycles. The summed E-state index contributed by atoms with van der Waals surface area (Å²) in [4.78, 5) is 0. The first-order valence-corrected chi connectivity index (χ1v) is 4.34. The van der Waals surface area contributed by atoms with E-state index < -0.39 is 0 Å². The van der Waals surface area contributed by atoms with Gasteiger partial charge in [-0.15, -0.1) is 12.4 Å². The van der Waals surface area contributed by atoms with Crippen molar-refractivity contribution >= 4 is 12.4 Å². The van der Waals surface area contributed by atoms with Crippen molar-refractivity contribution in [3.63, 3.8) is 0 Å². The van der Waals surface area contributed by atoms with Gasteiger partial charge < -0.3 is 10.5 Å². The van der Waals surface area contributed by atoms with E-state index in [1.165, 1.54) is 12.1 Å². The summed E-state index contributed by atoms with van der Waals surface area (Å²) in [5.41, 5.74) is 7.76. The number of ether oxygens (including phenoxy) is 1. The van der Waals surface area contributed by atoms with Gasteiger partial charge in [0.1, 0.15) is 5.82 Å². The molecule has 4 heteroatoms. The van der Waals surface area contributed by atoms with Crippen molar-refractivity contribution in [2.45, 2.75) is 25.7 Å². The van der Waals surface area contributed by atoms with Gasteiger partial charge in [-0.25, -0.2) is 4.39 Å². The Labute approximate surface area is 88.7 Å². The standard InChI is InChI=1S/C10H12FNO.ClH/c1-6-10(12)9-3-2-8(11)4-7(9)5-13-6;/h2-4,6,10H,5,12H2,1H3;1H/t6-,10+;/m0./s1. The Kier molecular flexibility index (Phi) is 3.48. The maximum atomic E-state index is 12.8. The second kappa shape index (κ2) is 4.26. The van der Waals surface area contributed by atoms with Crippen LogP contribution in [0.1, 0.15) is 24.1 Å². The molecule has 78 valence electrons. The SMILES string of the molecule is C[C@@H]1OCc2cc(F)ccc2[C@@H]1N.Cl. The van der Waals surface area contributed by atoms with Crippen LogP contribution in [0.25, 0.3) is 0 Å². The first-order valence-electron chi connectivity index (χ1n) is 4.34. The Bertz CT molecular complexity index is 332. The van der Waals surface area contributed by atoms with Crippen LogP contribution in [-0.2, 0) is 11.3 Å². The summed E-state index contributed by atoms with van der Waals surface area (Å²) in [7, 11) is 0. The van der Waals surface area contributed by atoms with Crippen molar-refractivity contribution in [1.82, 2.24) is 0 Å². The molecular weight excluding hydrogens is 205 g/mol. The van der Waals surface area contributed by atoms with Crippen molar-refractivity contribution in [3.8, 4) is 0 Å². The molecule has 0 spiro atoms.